The van der Waals surface area contributed by atoms with Gasteiger partial charge >= 0.3 is 0 Å². The van der Waals surface area contributed by atoms with Crippen LogP contribution in [0.3, 0.4) is 0 Å². The molecular weight excluding hydrogens is 464 g/mol. The lowest BCUT2D eigenvalue weighted by atomic mass is 9.92. The van der Waals surface area contributed by atoms with Crippen molar-refractivity contribution in [2.75, 3.05) is 24.6 Å². The Balaban J connectivity index is 1.37. The smallest absolute Gasteiger partial charge is 0.252 e. The Kier molecular flexibility index (Phi) is 6.08. The van der Waals surface area contributed by atoms with Crippen LogP contribution >= 0.6 is 11.6 Å². The number of benzene rings is 2. The van der Waals surface area contributed by atoms with Gasteiger partial charge in [0.1, 0.15) is 17.5 Å². The van der Waals surface area contributed by atoms with Gasteiger partial charge in [0.05, 0.1) is 12.1 Å². The number of allylic oxidation sites excluding steroid dienone is 1. The van der Waals surface area contributed by atoms with Gasteiger partial charge in [-0.1, -0.05) is 35.0 Å². The van der Waals surface area contributed by atoms with Gasteiger partial charge < -0.3 is 14.6 Å². The number of pyridine rings is 1. The molecule has 2 atom stereocenters. The van der Waals surface area contributed by atoms with Crippen molar-refractivity contribution in [2.45, 2.75) is 25.3 Å². The van der Waals surface area contributed by atoms with Gasteiger partial charge in [-0.3, -0.25) is 4.79 Å². The number of hydrogen-bond acceptors (Lipinski definition) is 5. The predicted octanol–water partition coefficient (Wildman–Crippen LogP) is 5.46. The van der Waals surface area contributed by atoms with Crippen molar-refractivity contribution >= 4 is 34.3 Å². The van der Waals surface area contributed by atoms with E-state index in [9.17, 15) is 18.5 Å². The van der Waals surface area contributed by atoms with Crippen molar-refractivity contribution in [3.05, 3.63) is 79.5 Å². The molecule has 5 rings (SSSR count). The first-order chi connectivity index (χ1) is 16.5. The summed E-state index contributed by atoms with van der Waals surface area (Å²) in [6.07, 6.45) is 5.93. The molecule has 1 fully saturated rings. The first-order valence-corrected chi connectivity index (χ1v) is 11.5. The highest BCUT2D eigenvalue weighted by Gasteiger charge is 2.33. The number of H-pyrrole nitrogens is 1. The van der Waals surface area contributed by atoms with Crippen molar-refractivity contribution in [2.24, 2.45) is 11.1 Å². The van der Waals surface area contributed by atoms with E-state index < -0.39 is 17.7 Å². The van der Waals surface area contributed by atoms with E-state index in [1.807, 2.05) is 24.3 Å². The highest BCUT2D eigenvalue weighted by molar-refractivity contribution is 6.30. The highest BCUT2D eigenvalue weighted by atomic mass is 35.5. The van der Waals surface area contributed by atoms with Gasteiger partial charge in [-0.05, 0) is 49.1 Å². The zero-order valence-electron chi connectivity index (χ0n) is 18.2. The summed E-state index contributed by atoms with van der Waals surface area (Å²) < 4.78 is 34.9. The molecule has 2 heterocycles. The fourth-order valence-electron chi connectivity index (χ4n) is 4.90. The van der Waals surface area contributed by atoms with Crippen LogP contribution in [0, 0.1) is 22.5 Å². The summed E-state index contributed by atoms with van der Waals surface area (Å²) in [6, 6.07) is 6.87. The molecule has 9 heteroatoms. The Bertz CT molecular complexity index is 1330. The Morgan fingerprint density at radius 2 is 2.03 bits per heavy atom. The molecule has 1 unspecified atom stereocenters. The number of fused-ring (bicyclic) bond motifs is 3. The average Bonchev–Trinajstić information content (AvgIpc) is 2.82. The molecule has 34 heavy (non-hydrogen) atoms. The fourth-order valence-corrected chi connectivity index (χ4v) is 5.09. The average molecular weight is 486 g/mol. The lowest BCUT2D eigenvalue weighted by molar-refractivity contribution is 0.206. The molecule has 1 saturated heterocycles. The Hall–Kier alpha value is -3.26. The minimum atomic E-state index is -0.771. The number of halogens is 3. The molecule has 1 N–H and O–H groups in total. The molecule has 3 aromatic rings. The number of nitroso groups, excluding NO2 is 1. The maximum absolute atomic E-state index is 14.4. The number of piperidine rings is 1. The minimum absolute atomic E-state index is 0.0273. The van der Waals surface area contributed by atoms with E-state index in [0.717, 1.165) is 35.1 Å². The standard InChI is InChI=1S/C25H22ClF2N3O3/c26-15-10-18(27)24(19(28)11-15)31-9-8-14(21(12-31)30-33)13-34-22-7-3-6-20-23(22)16-4-1-2-5-17(16)25(32)29-20/h1,3-4,6-7,10-11,14,21H,2,5,8-9,12-13H2,(H,29,32)/t14?,21-/m1/s1. The second-order valence-corrected chi connectivity index (χ2v) is 9.10. The third-order valence-electron chi connectivity index (χ3n) is 6.60. The van der Waals surface area contributed by atoms with Gasteiger partial charge in [-0.15, -0.1) is 0 Å². The monoisotopic (exact) mass is 485 g/mol. The van der Waals surface area contributed by atoms with Crippen LogP contribution in [-0.2, 0) is 6.42 Å². The van der Waals surface area contributed by atoms with E-state index in [1.54, 1.807) is 6.07 Å². The molecule has 1 aliphatic heterocycles. The van der Waals surface area contributed by atoms with Crippen LogP contribution in [0.5, 0.6) is 5.75 Å². The van der Waals surface area contributed by atoms with Gasteiger partial charge in [-0.2, -0.15) is 4.91 Å². The van der Waals surface area contributed by atoms with Crippen molar-refractivity contribution < 1.29 is 13.5 Å². The second-order valence-electron chi connectivity index (χ2n) is 8.66. The molecular formula is C25H22ClF2N3O3. The van der Waals surface area contributed by atoms with Gasteiger partial charge in [0.25, 0.3) is 5.56 Å². The summed E-state index contributed by atoms with van der Waals surface area (Å²) >= 11 is 5.73. The summed E-state index contributed by atoms with van der Waals surface area (Å²) in [4.78, 5) is 28.5. The number of nitrogens with zero attached hydrogens (tertiary/aromatic N) is 2. The molecule has 1 aromatic heterocycles. The van der Waals surface area contributed by atoms with Crippen molar-refractivity contribution in [3.63, 3.8) is 0 Å². The SMILES string of the molecule is O=N[C@@H]1CN(c2c(F)cc(Cl)cc2F)CCC1COc1cccc2[nH]c(=O)c3c(c12)C=CCC3. The molecule has 0 radical (unpaired) electrons. The molecule has 1 aliphatic carbocycles. The highest BCUT2D eigenvalue weighted by Crippen LogP contribution is 2.34. The van der Waals surface area contributed by atoms with Gasteiger partial charge in [0.2, 0.25) is 0 Å². The topological polar surface area (TPSA) is 74.8 Å². The number of anilines is 1. The molecule has 0 amide bonds. The van der Waals surface area contributed by atoms with Crippen LogP contribution in [0.4, 0.5) is 14.5 Å². The van der Waals surface area contributed by atoms with E-state index in [2.05, 4.69) is 10.2 Å². The van der Waals surface area contributed by atoms with Crippen LogP contribution in [0.15, 0.2) is 46.4 Å². The predicted molar refractivity (Wildman–Crippen MR) is 129 cm³/mol. The van der Waals surface area contributed by atoms with E-state index in [0.29, 0.717) is 30.7 Å². The quantitative estimate of drug-likeness (QED) is 0.487. The normalized spacial score (nSPS) is 19.8. The van der Waals surface area contributed by atoms with Crippen LogP contribution in [-0.4, -0.2) is 30.7 Å². The van der Waals surface area contributed by atoms with Gasteiger partial charge in [0.15, 0.2) is 11.6 Å². The number of nitrogens with one attached hydrogen (secondary N) is 1. The van der Waals surface area contributed by atoms with Gasteiger partial charge in [0, 0.05) is 35.0 Å². The van der Waals surface area contributed by atoms with E-state index in [4.69, 9.17) is 16.3 Å². The number of hydrogen-bond donors (Lipinski definition) is 1. The zero-order valence-corrected chi connectivity index (χ0v) is 18.9. The van der Waals surface area contributed by atoms with Crippen LogP contribution < -0.4 is 15.2 Å². The summed E-state index contributed by atoms with van der Waals surface area (Å²) in [5.41, 5.74) is 1.98. The summed E-state index contributed by atoms with van der Waals surface area (Å²) in [6.45, 7) is 0.636. The lowest BCUT2D eigenvalue weighted by Crippen LogP contribution is -2.45. The van der Waals surface area contributed by atoms with Crippen molar-refractivity contribution in [1.29, 1.82) is 0 Å². The molecule has 6 nitrogen and oxygen atoms in total. The lowest BCUT2D eigenvalue weighted by Gasteiger charge is -2.36. The van der Waals surface area contributed by atoms with E-state index in [1.165, 1.54) is 4.90 Å². The van der Waals surface area contributed by atoms with Crippen molar-refractivity contribution in [1.82, 2.24) is 4.98 Å². The summed E-state index contributed by atoms with van der Waals surface area (Å²) in [5, 5.41) is 4.03. The third kappa shape index (κ3) is 4.07. The molecule has 0 saturated carbocycles. The number of aromatic amines is 1. The molecule has 2 aliphatic rings. The summed E-state index contributed by atoms with van der Waals surface area (Å²) in [7, 11) is 0. The molecule has 0 spiro atoms. The maximum Gasteiger partial charge on any atom is 0.252 e. The number of rotatable bonds is 5. The van der Waals surface area contributed by atoms with E-state index >= 15 is 0 Å². The Morgan fingerprint density at radius 3 is 2.79 bits per heavy atom. The van der Waals surface area contributed by atoms with Crippen LogP contribution in [0.2, 0.25) is 5.02 Å². The minimum Gasteiger partial charge on any atom is -0.492 e. The fraction of sp³-hybridized carbons (Fsp3) is 0.320. The molecule has 176 valence electrons. The summed E-state index contributed by atoms with van der Waals surface area (Å²) in [5.74, 6) is -1.16. The van der Waals surface area contributed by atoms with Gasteiger partial charge in [-0.25, -0.2) is 8.78 Å². The first-order valence-electron chi connectivity index (χ1n) is 11.2. The Morgan fingerprint density at radius 1 is 1.24 bits per heavy atom. The maximum atomic E-state index is 14.4. The molecule has 2 aromatic carbocycles. The first kappa shape index (κ1) is 22.5. The largest absolute Gasteiger partial charge is 0.492 e. The van der Waals surface area contributed by atoms with Crippen LogP contribution in [0.25, 0.3) is 17.0 Å². The second kappa shape index (κ2) is 9.18. The zero-order chi connectivity index (χ0) is 23.8. The molecule has 0 bridgehead atoms. The Labute approximate surface area is 199 Å². The van der Waals surface area contributed by atoms with E-state index in [-0.39, 0.29) is 35.3 Å². The number of aromatic nitrogens is 1. The number of ether oxygens (including phenoxy) is 1. The third-order valence-corrected chi connectivity index (χ3v) is 6.81. The van der Waals surface area contributed by atoms with Crippen LogP contribution in [0.1, 0.15) is 24.0 Å². The van der Waals surface area contributed by atoms with Crippen molar-refractivity contribution in [3.8, 4) is 5.75 Å².